The first kappa shape index (κ1) is 17.7. The van der Waals surface area contributed by atoms with Gasteiger partial charge in [-0.25, -0.2) is 0 Å². The lowest BCUT2D eigenvalue weighted by Crippen LogP contribution is -2.18. The number of Topliss-reactive ketones (excluding diaryl/α,β-unsaturated/α-hetero) is 1. The molecule has 0 atom stereocenters. The van der Waals surface area contributed by atoms with E-state index in [1.807, 2.05) is 23.5 Å². The number of fused-ring (bicyclic) bond motifs is 2. The van der Waals surface area contributed by atoms with Crippen LogP contribution < -0.4 is 10.2 Å². The average molecular weight is 394 g/mol. The zero-order valence-electron chi connectivity index (χ0n) is 16.2. The lowest BCUT2D eigenvalue weighted by molar-refractivity contribution is 0.101. The molecule has 0 bridgehead atoms. The van der Waals surface area contributed by atoms with Gasteiger partial charge in [-0.15, -0.1) is 11.3 Å². The Morgan fingerprint density at radius 3 is 2.68 bits per heavy atom. The van der Waals surface area contributed by atoms with Gasteiger partial charge in [0, 0.05) is 27.6 Å². The van der Waals surface area contributed by atoms with Crippen LogP contribution in [0.5, 0.6) is 5.75 Å². The number of pyridine rings is 1. The number of hydrogen-bond donors (Lipinski definition) is 0. The van der Waals surface area contributed by atoms with Crippen molar-refractivity contribution in [3.05, 3.63) is 50.6 Å². The molecule has 0 N–H and O–H groups in total. The number of carbonyl (C=O) groups excluding carboxylic acids is 1. The molecule has 2 aromatic heterocycles. The van der Waals surface area contributed by atoms with Crippen molar-refractivity contribution in [3.63, 3.8) is 0 Å². The quantitative estimate of drug-likeness (QED) is 0.576. The van der Waals surface area contributed by atoms with Crippen LogP contribution in [0.1, 0.15) is 59.4 Å². The molecule has 2 aliphatic carbocycles. The van der Waals surface area contributed by atoms with Gasteiger partial charge in [-0.1, -0.05) is 0 Å². The maximum atomic E-state index is 13.0. The second-order valence-corrected chi connectivity index (χ2v) is 9.01. The summed E-state index contributed by atoms with van der Waals surface area (Å²) in [7, 11) is 1.67. The first-order valence-corrected chi connectivity index (χ1v) is 10.8. The highest BCUT2D eigenvalue weighted by molar-refractivity contribution is 7.15. The van der Waals surface area contributed by atoms with Crippen molar-refractivity contribution < 1.29 is 9.53 Å². The van der Waals surface area contributed by atoms with Crippen LogP contribution in [-0.2, 0) is 12.8 Å². The summed E-state index contributed by atoms with van der Waals surface area (Å²) in [6.07, 6.45) is 8.70. The first-order chi connectivity index (χ1) is 13.6. The molecule has 0 saturated heterocycles. The largest absolute Gasteiger partial charge is 0.494 e. The van der Waals surface area contributed by atoms with Crippen molar-refractivity contribution in [2.75, 3.05) is 7.11 Å². The van der Waals surface area contributed by atoms with Gasteiger partial charge < -0.3 is 9.30 Å². The number of ether oxygens (including phenoxy) is 1. The minimum absolute atomic E-state index is 0.185. The summed E-state index contributed by atoms with van der Waals surface area (Å²) in [4.78, 5) is 27.7. The second-order valence-electron chi connectivity index (χ2n) is 7.88. The molecule has 0 unspecified atom stereocenters. The van der Waals surface area contributed by atoms with Crippen LogP contribution in [0, 0.1) is 0 Å². The number of rotatable bonds is 4. The molecular weight excluding hydrogens is 370 g/mol. The first-order valence-electron chi connectivity index (χ1n) is 9.97. The summed E-state index contributed by atoms with van der Waals surface area (Å²) in [6, 6.07) is 6.49. The van der Waals surface area contributed by atoms with E-state index < -0.39 is 0 Å². The van der Waals surface area contributed by atoms with Gasteiger partial charge in [0.25, 0.3) is 0 Å². The number of aryl methyl sites for hydroxylation is 2. The summed E-state index contributed by atoms with van der Waals surface area (Å²) in [5.41, 5.74) is 3.39. The predicted molar refractivity (Wildman–Crippen MR) is 113 cm³/mol. The minimum atomic E-state index is -0.199. The lowest BCUT2D eigenvalue weighted by Gasteiger charge is -2.17. The van der Waals surface area contributed by atoms with Gasteiger partial charge in [0.1, 0.15) is 0 Å². The van der Waals surface area contributed by atoms with Crippen LogP contribution in [0.25, 0.3) is 21.3 Å². The molecule has 2 heterocycles. The van der Waals surface area contributed by atoms with E-state index in [4.69, 9.17) is 4.74 Å². The highest BCUT2D eigenvalue weighted by Gasteiger charge is 2.29. The predicted octanol–water partition coefficient (Wildman–Crippen LogP) is 5.15. The second kappa shape index (κ2) is 6.59. The molecular formula is C23H23NO3S. The molecule has 144 valence electrons. The molecule has 5 rings (SSSR count). The van der Waals surface area contributed by atoms with E-state index in [0.717, 1.165) is 42.5 Å². The number of aromatic nitrogens is 1. The normalized spacial score (nSPS) is 16.2. The Hall–Kier alpha value is -2.40. The van der Waals surface area contributed by atoms with Crippen molar-refractivity contribution in [1.82, 2.24) is 4.57 Å². The van der Waals surface area contributed by atoms with E-state index in [2.05, 4.69) is 10.6 Å². The summed E-state index contributed by atoms with van der Waals surface area (Å²) >= 11 is 1.85. The monoisotopic (exact) mass is 393 g/mol. The SMILES string of the molecule is COc1c(-c2cc3c(s2)CCCC3)ccc2c(=O)c(C(C)=O)cn(C3CC3)c12. The number of hydrogen-bond acceptors (Lipinski definition) is 4. The third-order valence-electron chi connectivity index (χ3n) is 5.93. The molecule has 0 aliphatic heterocycles. The molecule has 0 spiro atoms. The molecule has 4 nitrogen and oxygen atoms in total. The van der Waals surface area contributed by atoms with E-state index in [0.29, 0.717) is 11.4 Å². The number of benzene rings is 1. The smallest absolute Gasteiger partial charge is 0.200 e. The standard InChI is InChI=1S/C23H23NO3S/c1-13(25)18-12-24(15-7-8-15)21-17(22(18)26)10-9-16(23(21)27-2)20-11-14-5-3-4-6-19(14)28-20/h9-12,15H,3-8H2,1-2H3. The number of ketones is 1. The van der Waals surface area contributed by atoms with Crippen LogP contribution in [0.15, 0.2) is 29.2 Å². The van der Waals surface area contributed by atoms with Crippen molar-refractivity contribution in [2.45, 2.75) is 51.5 Å². The zero-order chi connectivity index (χ0) is 19.4. The summed E-state index contributed by atoms with van der Waals surface area (Å²) in [6.45, 7) is 1.46. The van der Waals surface area contributed by atoms with Crippen molar-refractivity contribution in [3.8, 4) is 16.2 Å². The molecule has 3 aromatic rings. The van der Waals surface area contributed by atoms with Crippen molar-refractivity contribution in [1.29, 1.82) is 0 Å². The number of methoxy groups -OCH3 is 1. The Balaban J connectivity index is 1.79. The van der Waals surface area contributed by atoms with E-state index in [-0.39, 0.29) is 16.8 Å². The van der Waals surface area contributed by atoms with Crippen LogP contribution in [-0.4, -0.2) is 17.5 Å². The lowest BCUT2D eigenvalue weighted by atomic mass is 9.98. The van der Waals surface area contributed by atoms with E-state index in [1.165, 1.54) is 35.1 Å². The fraction of sp³-hybridized carbons (Fsp3) is 0.391. The molecule has 2 aliphatic rings. The maximum absolute atomic E-state index is 13.0. The number of nitrogens with zero attached hydrogens (tertiary/aromatic N) is 1. The van der Waals surface area contributed by atoms with Crippen molar-refractivity contribution >= 4 is 28.0 Å². The maximum Gasteiger partial charge on any atom is 0.200 e. The van der Waals surface area contributed by atoms with Crippen LogP contribution >= 0.6 is 11.3 Å². The number of carbonyl (C=O) groups is 1. The molecule has 1 fully saturated rings. The Morgan fingerprint density at radius 2 is 2.00 bits per heavy atom. The van der Waals surface area contributed by atoms with Gasteiger partial charge in [-0.05, 0) is 69.2 Å². The van der Waals surface area contributed by atoms with E-state index in [9.17, 15) is 9.59 Å². The number of thiophene rings is 1. The average Bonchev–Trinajstić information content (AvgIpc) is 3.45. The van der Waals surface area contributed by atoms with Crippen LogP contribution in [0.2, 0.25) is 0 Å². The van der Waals surface area contributed by atoms with Gasteiger partial charge in [-0.2, -0.15) is 0 Å². The van der Waals surface area contributed by atoms with Gasteiger partial charge >= 0.3 is 0 Å². The van der Waals surface area contributed by atoms with E-state index >= 15 is 0 Å². The topological polar surface area (TPSA) is 48.3 Å². The molecule has 28 heavy (non-hydrogen) atoms. The summed E-state index contributed by atoms with van der Waals surface area (Å²) in [5.74, 6) is 0.561. The Kier molecular flexibility index (Phi) is 4.16. The van der Waals surface area contributed by atoms with Crippen LogP contribution in [0.4, 0.5) is 0 Å². The molecule has 0 amide bonds. The highest BCUT2D eigenvalue weighted by Crippen LogP contribution is 2.45. The van der Waals surface area contributed by atoms with Gasteiger partial charge in [0.15, 0.2) is 17.0 Å². The van der Waals surface area contributed by atoms with E-state index in [1.54, 1.807) is 13.3 Å². The van der Waals surface area contributed by atoms with Crippen LogP contribution in [0.3, 0.4) is 0 Å². The molecule has 0 radical (unpaired) electrons. The minimum Gasteiger partial charge on any atom is -0.494 e. The van der Waals surface area contributed by atoms with Gasteiger partial charge in [-0.3, -0.25) is 9.59 Å². The summed E-state index contributed by atoms with van der Waals surface area (Å²) < 4.78 is 7.98. The molecule has 1 saturated carbocycles. The fourth-order valence-corrected chi connectivity index (χ4v) is 5.61. The Labute approximate surface area is 167 Å². The molecule has 5 heteroatoms. The Bertz CT molecular complexity index is 1140. The summed E-state index contributed by atoms with van der Waals surface area (Å²) in [5, 5.41) is 0.571. The zero-order valence-corrected chi connectivity index (χ0v) is 17.0. The molecule has 1 aromatic carbocycles. The fourth-order valence-electron chi connectivity index (χ4n) is 4.33. The third kappa shape index (κ3) is 2.72. The van der Waals surface area contributed by atoms with Gasteiger partial charge in [0.05, 0.1) is 23.6 Å². The highest BCUT2D eigenvalue weighted by atomic mass is 32.1. The van der Waals surface area contributed by atoms with Gasteiger partial charge in [0.2, 0.25) is 0 Å². The Morgan fingerprint density at radius 1 is 1.21 bits per heavy atom. The van der Waals surface area contributed by atoms with Crippen molar-refractivity contribution in [2.24, 2.45) is 0 Å². The third-order valence-corrected chi connectivity index (χ3v) is 7.20.